The van der Waals surface area contributed by atoms with Gasteiger partial charge in [-0.2, -0.15) is 0 Å². The first-order chi connectivity index (χ1) is 5.20. The molecule has 1 fully saturated rings. The highest BCUT2D eigenvalue weighted by Crippen LogP contribution is 2.06. The van der Waals surface area contributed by atoms with E-state index in [9.17, 15) is 0 Å². The molecule has 0 atom stereocenters. The normalized spacial score (nSPS) is 20.7. The molecule has 3 N–H and O–H groups in total. The highest BCUT2D eigenvalue weighted by Gasteiger charge is 2.12. The number of nitrogens with two attached hydrogens (primary N) is 1. The van der Waals surface area contributed by atoms with E-state index >= 15 is 0 Å². The van der Waals surface area contributed by atoms with Gasteiger partial charge in [0.1, 0.15) is 0 Å². The Bertz CT molecular complexity index is 70.2. The zero-order valence-electron chi connectivity index (χ0n) is 7.58. The van der Waals surface area contributed by atoms with Crippen LogP contribution in [0, 0.1) is 0 Å². The van der Waals surface area contributed by atoms with E-state index < -0.39 is 0 Å². The molecule has 0 bridgehead atoms. The molecular formula is C8H20N2O. The number of hydrogen-bond donors (Lipinski definition) is 2. The van der Waals surface area contributed by atoms with Gasteiger partial charge in [0.2, 0.25) is 0 Å². The van der Waals surface area contributed by atoms with Crippen LogP contribution in [0.1, 0.15) is 19.8 Å². The molecule has 0 aromatic heterocycles. The van der Waals surface area contributed by atoms with Crippen molar-refractivity contribution in [1.29, 1.82) is 0 Å². The topological polar surface area (TPSA) is 49.5 Å². The minimum atomic E-state index is -0.0220. The average Bonchev–Trinajstić information content (AvgIpc) is 1.97. The number of likely N-dealkylation sites (tertiary alicyclic amines) is 1. The van der Waals surface area contributed by atoms with Crippen LogP contribution in [-0.2, 0) is 0 Å². The SMILES string of the molecule is CCN.CN1CCC(O)CC1. The van der Waals surface area contributed by atoms with Gasteiger partial charge in [-0.15, -0.1) is 0 Å². The van der Waals surface area contributed by atoms with Gasteiger partial charge in [-0.25, -0.2) is 0 Å². The first kappa shape index (κ1) is 10.9. The van der Waals surface area contributed by atoms with Crippen molar-refractivity contribution in [1.82, 2.24) is 4.90 Å². The summed E-state index contributed by atoms with van der Waals surface area (Å²) >= 11 is 0. The lowest BCUT2D eigenvalue weighted by atomic mass is 10.1. The Morgan fingerprint density at radius 2 is 1.82 bits per heavy atom. The molecule has 0 amide bonds. The Labute approximate surface area is 69.2 Å². The fraction of sp³-hybridized carbons (Fsp3) is 1.00. The number of nitrogens with zero attached hydrogens (tertiary/aromatic N) is 1. The van der Waals surface area contributed by atoms with Gasteiger partial charge in [-0.3, -0.25) is 0 Å². The molecule has 0 aromatic carbocycles. The summed E-state index contributed by atoms with van der Waals surface area (Å²) in [6.07, 6.45) is 1.89. The van der Waals surface area contributed by atoms with Crippen molar-refractivity contribution in [3.8, 4) is 0 Å². The van der Waals surface area contributed by atoms with Crippen molar-refractivity contribution >= 4 is 0 Å². The van der Waals surface area contributed by atoms with Gasteiger partial charge in [-0.1, -0.05) is 6.92 Å². The van der Waals surface area contributed by atoms with Crippen LogP contribution in [0.15, 0.2) is 0 Å². The van der Waals surface area contributed by atoms with E-state index in [0.29, 0.717) is 0 Å². The molecule has 0 aliphatic carbocycles. The third kappa shape index (κ3) is 6.28. The first-order valence-electron chi connectivity index (χ1n) is 4.27. The van der Waals surface area contributed by atoms with E-state index in [1.165, 1.54) is 0 Å². The minimum absolute atomic E-state index is 0.0220. The van der Waals surface area contributed by atoms with Gasteiger partial charge in [0.25, 0.3) is 0 Å². The second-order valence-electron chi connectivity index (χ2n) is 2.94. The van der Waals surface area contributed by atoms with Crippen LogP contribution >= 0.6 is 0 Å². The summed E-state index contributed by atoms with van der Waals surface area (Å²) in [7, 11) is 2.09. The van der Waals surface area contributed by atoms with Crippen LogP contribution in [0.25, 0.3) is 0 Å². The highest BCUT2D eigenvalue weighted by atomic mass is 16.3. The molecule has 0 aromatic rings. The Kier molecular flexibility index (Phi) is 6.51. The van der Waals surface area contributed by atoms with E-state index in [-0.39, 0.29) is 6.10 Å². The quantitative estimate of drug-likeness (QED) is 0.526. The van der Waals surface area contributed by atoms with Gasteiger partial charge in [-0.05, 0) is 26.4 Å². The largest absolute Gasteiger partial charge is 0.393 e. The monoisotopic (exact) mass is 160 g/mol. The average molecular weight is 160 g/mol. The van der Waals surface area contributed by atoms with Gasteiger partial charge in [0.15, 0.2) is 0 Å². The Hall–Kier alpha value is -0.120. The molecule has 1 saturated heterocycles. The molecule has 1 rings (SSSR count). The van der Waals surface area contributed by atoms with E-state index in [2.05, 4.69) is 11.9 Å². The number of piperidine rings is 1. The first-order valence-corrected chi connectivity index (χ1v) is 4.27. The van der Waals surface area contributed by atoms with Gasteiger partial charge in [0, 0.05) is 13.1 Å². The summed E-state index contributed by atoms with van der Waals surface area (Å²) in [5, 5.41) is 9.00. The number of aliphatic hydroxyl groups excluding tert-OH is 1. The molecular weight excluding hydrogens is 140 g/mol. The van der Waals surface area contributed by atoms with Crippen molar-refractivity contribution in [2.45, 2.75) is 25.9 Å². The molecule has 68 valence electrons. The smallest absolute Gasteiger partial charge is 0.0564 e. The van der Waals surface area contributed by atoms with Crippen molar-refractivity contribution in [3.05, 3.63) is 0 Å². The third-order valence-corrected chi connectivity index (χ3v) is 1.69. The van der Waals surface area contributed by atoms with Crippen LogP contribution in [0.3, 0.4) is 0 Å². The van der Waals surface area contributed by atoms with E-state index in [0.717, 1.165) is 32.5 Å². The molecule has 3 nitrogen and oxygen atoms in total. The zero-order chi connectivity index (χ0) is 8.69. The zero-order valence-corrected chi connectivity index (χ0v) is 7.58. The Morgan fingerprint density at radius 1 is 1.45 bits per heavy atom. The number of hydrogen-bond acceptors (Lipinski definition) is 3. The standard InChI is InChI=1S/C6H13NO.C2H7N/c1-7-4-2-6(8)3-5-7;1-2-3/h6,8H,2-5H2,1H3;2-3H2,1H3. The molecule has 0 spiro atoms. The maximum atomic E-state index is 9.00. The molecule has 11 heavy (non-hydrogen) atoms. The maximum Gasteiger partial charge on any atom is 0.0564 e. The lowest BCUT2D eigenvalue weighted by Crippen LogP contribution is -2.32. The van der Waals surface area contributed by atoms with Crippen molar-refractivity contribution in [2.24, 2.45) is 5.73 Å². The lowest BCUT2D eigenvalue weighted by Gasteiger charge is -2.25. The van der Waals surface area contributed by atoms with Gasteiger partial charge in [0.05, 0.1) is 6.10 Å². The van der Waals surface area contributed by atoms with Crippen molar-refractivity contribution in [3.63, 3.8) is 0 Å². The van der Waals surface area contributed by atoms with Crippen LogP contribution < -0.4 is 5.73 Å². The second kappa shape index (κ2) is 6.58. The Balaban J connectivity index is 0.000000292. The maximum absolute atomic E-state index is 9.00. The summed E-state index contributed by atoms with van der Waals surface area (Å²) < 4.78 is 0. The van der Waals surface area contributed by atoms with E-state index in [4.69, 9.17) is 10.8 Å². The van der Waals surface area contributed by atoms with Gasteiger partial charge >= 0.3 is 0 Å². The predicted octanol–water partition coefficient (Wildman–Crippen LogP) is 0.0379. The summed E-state index contributed by atoms with van der Waals surface area (Å²) in [6.45, 7) is 4.77. The minimum Gasteiger partial charge on any atom is -0.393 e. The highest BCUT2D eigenvalue weighted by molar-refractivity contribution is 4.67. The molecule has 1 aliphatic heterocycles. The molecule has 0 unspecified atom stereocenters. The third-order valence-electron chi connectivity index (χ3n) is 1.69. The summed E-state index contributed by atoms with van der Waals surface area (Å²) in [5.74, 6) is 0. The van der Waals surface area contributed by atoms with Crippen LogP contribution in [0.4, 0.5) is 0 Å². The van der Waals surface area contributed by atoms with E-state index in [1.54, 1.807) is 0 Å². The summed E-state index contributed by atoms with van der Waals surface area (Å²) in [4.78, 5) is 2.24. The predicted molar refractivity (Wildman–Crippen MR) is 47.5 cm³/mol. The lowest BCUT2D eigenvalue weighted by molar-refractivity contribution is 0.0943. The number of rotatable bonds is 0. The van der Waals surface area contributed by atoms with Crippen molar-refractivity contribution in [2.75, 3.05) is 26.7 Å². The number of aliphatic hydroxyl groups is 1. The summed E-state index contributed by atoms with van der Waals surface area (Å²) in [5.41, 5.74) is 4.85. The fourth-order valence-electron chi connectivity index (χ4n) is 0.995. The van der Waals surface area contributed by atoms with Gasteiger partial charge < -0.3 is 15.7 Å². The fourth-order valence-corrected chi connectivity index (χ4v) is 0.995. The van der Waals surface area contributed by atoms with Crippen LogP contribution in [-0.4, -0.2) is 42.8 Å². The van der Waals surface area contributed by atoms with Crippen LogP contribution in [0.2, 0.25) is 0 Å². The molecule has 1 aliphatic rings. The molecule has 1 heterocycles. The van der Waals surface area contributed by atoms with Crippen LogP contribution in [0.5, 0.6) is 0 Å². The van der Waals surface area contributed by atoms with E-state index in [1.807, 2.05) is 6.92 Å². The molecule has 3 heteroatoms. The summed E-state index contributed by atoms with van der Waals surface area (Å²) in [6, 6.07) is 0. The second-order valence-corrected chi connectivity index (χ2v) is 2.94. The molecule has 0 radical (unpaired) electrons. The van der Waals surface area contributed by atoms with Crippen molar-refractivity contribution < 1.29 is 5.11 Å². The molecule has 0 saturated carbocycles. The Morgan fingerprint density at radius 3 is 2.09 bits per heavy atom.